The van der Waals surface area contributed by atoms with Gasteiger partial charge < -0.3 is 0 Å². The third-order valence-corrected chi connectivity index (χ3v) is 9.60. The molecule has 0 heterocycles. The van der Waals surface area contributed by atoms with Gasteiger partial charge in [0.15, 0.2) is 0 Å². The third kappa shape index (κ3) is 2.94. The molecule has 0 atom stereocenters. The van der Waals surface area contributed by atoms with Crippen LogP contribution in [0.2, 0.25) is 19.6 Å². The van der Waals surface area contributed by atoms with Gasteiger partial charge >= 0.3 is 0 Å². The Morgan fingerprint density at radius 3 is 1.33 bits per heavy atom. The van der Waals surface area contributed by atoms with Crippen molar-refractivity contribution in [1.82, 2.24) is 0 Å². The first-order valence-corrected chi connectivity index (χ1v) is 8.45. The highest BCUT2D eigenvalue weighted by atomic mass is 35.6. The van der Waals surface area contributed by atoms with E-state index in [9.17, 15) is 0 Å². The van der Waals surface area contributed by atoms with E-state index >= 15 is 0 Å². The van der Waals surface area contributed by atoms with Crippen LogP contribution in [0.3, 0.4) is 0 Å². The molecular weight excluding hydrogens is 128 g/mol. The highest BCUT2D eigenvalue weighted by Crippen LogP contribution is 1.77. The van der Waals surface area contributed by atoms with Crippen molar-refractivity contribution in [2.45, 2.75) is 19.6 Å². The summed E-state index contributed by atoms with van der Waals surface area (Å²) in [7, 11) is -0.462. The van der Waals surface area contributed by atoms with Crippen LogP contribution in [-0.2, 0) is 0 Å². The Morgan fingerprint density at radius 1 is 1.17 bits per heavy atom. The van der Waals surface area contributed by atoms with Crippen molar-refractivity contribution < 1.29 is 0 Å². The second-order valence-corrected chi connectivity index (χ2v) is 12.5. The van der Waals surface area contributed by atoms with Crippen molar-refractivity contribution in [2.24, 2.45) is 0 Å². The molecule has 0 rings (SSSR count). The van der Waals surface area contributed by atoms with Crippen molar-refractivity contribution in [3.8, 4) is 0 Å². The van der Waals surface area contributed by atoms with Gasteiger partial charge in [-0.1, -0.05) is 13.1 Å². The molecule has 0 aliphatic rings. The topological polar surface area (TPSA) is 0 Å². The number of hydrogen-bond donors (Lipinski definition) is 0. The summed E-state index contributed by atoms with van der Waals surface area (Å²) in [6.07, 6.45) is 0. The molecule has 0 bridgehead atoms. The summed E-state index contributed by atoms with van der Waals surface area (Å²) in [4.78, 5) is 0. The predicted octanol–water partition coefficient (Wildman–Crippen LogP) is 1.68. The average molecular weight is 137 g/mol. The quantitative estimate of drug-likeness (QED) is 0.351. The molecule has 0 saturated heterocycles. The molecule has 0 amide bonds. The maximum absolute atomic E-state index is 5.76. The molecule has 0 spiro atoms. The Bertz CT molecular complexity index is 58.9. The van der Waals surface area contributed by atoms with E-state index in [1.807, 2.05) is 0 Å². The van der Waals surface area contributed by atoms with Crippen LogP contribution in [-0.4, -0.2) is 15.1 Å². The second kappa shape index (κ2) is 2.83. The van der Waals surface area contributed by atoms with Crippen LogP contribution in [0.5, 0.6) is 0 Å². The Labute approximate surface area is 46.4 Å². The molecule has 0 aromatic carbocycles. The molecule has 0 aromatic rings. The van der Waals surface area contributed by atoms with Crippen LogP contribution in [0.4, 0.5) is 0 Å². The van der Waals surface area contributed by atoms with Crippen molar-refractivity contribution in [2.75, 3.05) is 0 Å². The van der Waals surface area contributed by atoms with E-state index in [2.05, 4.69) is 19.6 Å². The zero-order chi connectivity index (χ0) is 5.15. The summed E-state index contributed by atoms with van der Waals surface area (Å²) < 4.78 is 0. The van der Waals surface area contributed by atoms with Crippen LogP contribution in [0.15, 0.2) is 0 Å². The summed E-state index contributed by atoms with van der Waals surface area (Å²) in [5, 5.41) is 0. The second-order valence-electron chi connectivity index (χ2n) is 1.53. The van der Waals surface area contributed by atoms with Gasteiger partial charge in [0.1, 0.15) is 0 Å². The van der Waals surface area contributed by atoms with Gasteiger partial charge in [0.2, 0.25) is 0 Å². The van der Waals surface area contributed by atoms with Crippen LogP contribution in [0.1, 0.15) is 0 Å². The average Bonchev–Trinajstić information content (AvgIpc) is 1.36. The first-order chi connectivity index (χ1) is 2.64. The lowest BCUT2D eigenvalue weighted by Gasteiger charge is -1.81. The number of hydrogen-bond acceptors (Lipinski definition) is 0. The minimum absolute atomic E-state index is 0.0844. The number of rotatable bonds is 0. The lowest BCUT2D eigenvalue weighted by Crippen LogP contribution is -1.96. The maximum Gasteiger partial charge on any atom is 0.0956 e. The minimum Gasteiger partial charge on any atom is -0.145 e. The standard InChI is InChI=1S/C3H9ClSi2/c1-5(2)6(3)4/h1-3H3. The normalized spacial score (nSPS) is 8.00. The molecule has 0 N–H and O–H groups in total. The molecule has 0 radical (unpaired) electrons. The van der Waals surface area contributed by atoms with Crippen molar-refractivity contribution in [3.05, 3.63) is 0 Å². The first kappa shape index (κ1) is 6.72. The van der Waals surface area contributed by atoms with Crippen molar-refractivity contribution in [1.29, 1.82) is 0 Å². The van der Waals surface area contributed by atoms with E-state index in [0.717, 1.165) is 0 Å². The van der Waals surface area contributed by atoms with Gasteiger partial charge in [0.25, 0.3) is 0 Å². The fourth-order valence-electron chi connectivity index (χ4n) is 0. The molecule has 6 heavy (non-hydrogen) atoms. The van der Waals surface area contributed by atoms with Gasteiger partial charge in [-0.15, -0.1) is 11.1 Å². The van der Waals surface area contributed by atoms with Crippen LogP contribution in [0, 0.1) is 0 Å². The molecule has 36 valence electrons. The highest BCUT2D eigenvalue weighted by molar-refractivity contribution is 7.21. The van der Waals surface area contributed by atoms with E-state index in [4.69, 9.17) is 11.1 Å². The summed E-state index contributed by atoms with van der Waals surface area (Å²) in [5.41, 5.74) is 0. The Kier molecular flexibility index (Phi) is 3.17. The van der Waals surface area contributed by atoms with E-state index < -0.39 is 0 Å². The van der Waals surface area contributed by atoms with Gasteiger partial charge in [-0.25, -0.2) is 0 Å². The monoisotopic (exact) mass is 136 g/mol. The molecule has 0 saturated carbocycles. The van der Waals surface area contributed by atoms with Crippen LogP contribution >= 0.6 is 11.1 Å². The van der Waals surface area contributed by atoms with Gasteiger partial charge in [0, 0.05) is 7.89 Å². The van der Waals surface area contributed by atoms with E-state index in [1.54, 1.807) is 0 Å². The number of halogens is 1. The molecule has 0 unspecified atom stereocenters. The molecule has 0 nitrogen and oxygen atoms in total. The smallest absolute Gasteiger partial charge is 0.0956 e. The van der Waals surface area contributed by atoms with Gasteiger partial charge in [0.05, 0.1) is 7.20 Å². The molecule has 0 aliphatic carbocycles. The zero-order valence-corrected chi connectivity index (χ0v) is 7.13. The van der Waals surface area contributed by atoms with Crippen molar-refractivity contribution >= 4 is 26.2 Å². The molecule has 3 heteroatoms. The van der Waals surface area contributed by atoms with E-state index in [1.165, 1.54) is 0 Å². The fourth-order valence-corrected chi connectivity index (χ4v) is 0. The largest absolute Gasteiger partial charge is 0.145 e. The van der Waals surface area contributed by atoms with Crippen molar-refractivity contribution in [3.63, 3.8) is 0 Å². The Balaban J connectivity index is 3.68. The minimum atomic E-state index is -0.378. The fraction of sp³-hybridized carbons (Fsp3) is 1.00. The highest BCUT2D eigenvalue weighted by Gasteiger charge is 1.82. The SMILES string of the molecule is C[Si](C)=[Si](C)Cl. The summed E-state index contributed by atoms with van der Waals surface area (Å²) in [6, 6.07) is 0. The van der Waals surface area contributed by atoms with E-state index in [0.29, 0.717) is 0 Å². The molecule has 0 fully saturated rings. The Hall–Kier alpha value is 0.724. The Morgan fingerprint density at radius 2 is 1.33 bits per heavy atom. The predicted molar refractivity (Wildman–Crippen MR) is 35.0 cm³/mol. The summed E-state index contributed by atoms with van der Waals surface area (Å²) in [6.45, 7) is 6.67. The van der Waals surface area contributed by atoms with Gasteiger partial charge in [-0.3, -0.25) is 0 Å². The molecule has 0 aromatic heterocycles. The third-order valence-electron chi connectivity index (χ3n) is 0.689. The van der Waals surface area contributed by atoms with Crippen LogP contribution < -0.4 is 0 Å². The summed E-state index contributed by atoms with van der Waals surface area (Å²) >= 11 is 5.76. The molecule has 0 aliphatic heterocycles. The maximum atomic E-state index is 5.76. The van der Waals surface area contributed by atoms with E-state index in [-0.39, 0.29) is 15.1 Å². The van der Waals surface area contributed by atoms with Crippen LogP contribution in [0.25, 0.3) is 0 Å². The molecular formula is C3H9ClSi2. The lowest BCUT2D eigenvalue weighted by molar-refractivity contribution is 2.10. The first-order valence-electron chi connectivity index (χ1n) is 1.94. The lowest BCUT2D eigenvalue weighted by atomic mass is 11.9. The summed E-state index contributed by atoms with van der Waals surface area (Å²) in [5.74, 6) is 0. The van der Waals surface area contributed by atoms with Gasteiger partial charge in [-0.05, 0) is 6.55 Å². The van der Waals surface area contributed by atoms with Gasteiger partial charge in [-0.2, -0.15) is 0 Å². The zero-order valence-electron chi connectivity index (χ0n) is 4.38.